The molecule has 2 nitrogen and oxygen atoms in total. The molecular formula is C8H6Cl2N2. The third-order valence-corrected chi connectivity index (χ3v) is 2.87. The summed E-state index contributed by atoms with van der Waals surface area (Å²) in [6, 6.07) is 3.94. The summed E-state index contributed by atoms with van der Waals surface area (Å²) in [4.78, 5) is 0. The Labute approximate surface area is 81.0 Å². The van der Waals surface area contributed by atoms with E-state index in [1.54, 1.807) is 0 Å². The molecule has 0 heterocycles. The van der Waals surface area contributed by atoms with Crippen LogP contribution >= 0.6 is 23.2 Å². The molecule has 0 fully saturated rings. The van der Waals surface area contributed by atoms with Crippen LogP contribution in [0.1, 0.15) is 12.8 Å². The second-order valence-electron chi connectivity index (χ2n) is 2.62. The van der Waals surface area contributed by atoms with Crippen LogP contribution in [0.4, 0.5) is 0 Å². The van der Waals surface area contributed by atoms with Crippen LogP contribution in [0.25, 0.3) is 0 Å². The molecule has 0 bridgehead atoms. The molecule has 0 aromatic carbocycles. The lowest BCUT2D eigenvalue weighted by atomic mass is 9.92. The number of nitrogens with zero attached hydrogens (tertiary/aromatic N) is 2. The lowest BCUT2D eigenvalue weighted by molar-refractivity contribution is 0.715. The van der Waals surface area contributed by atoms with Gasteiger partial charge in [-0.2, -0.15) is 10.5 Å². The van der Waals surface area contributed by atoms with Gasteiger partial charge < -0.3 is 0 Å². The molecule has 62 valence electrons. The zero-order valence-electron chi connectivity index (χ0n) is 6.22. The van der Waals surface area contributed by atoms with Crippen molar-refractivity contribution < 1.29 is 0 Å². The molecular weight excluding hydrogens is 195 g/mol. The smallest absolute Gasteiger partial charge is 0.0958 e. The second-order valence-corrected chi connectivity index (χ2v) is 3.74. The highest BCUT2D eigenvalue weighted by molar-refractivity contribution is 6.30. The molecule has 2 atom stereocenters. The van der Waals surface area contributed by atoms with Crippen LogP contribution in [0, 0.1) is 22.7 Å². The van der Waals surface area contributed by atoms with Gasteiger partial charge in [-0.1, -0.05) is 0 Å². The fraction of sp³-hybridized carbons (Fsp3) is 0.500. The highest BCUT2D eigenvalue weighted by Gasteiger charge is 2.27. The van der Waals surface area contributed by atoms with E-state index in [2.05, 4.69) is 0 Å². The third-order valence-electron chi connectivity index (χ3n) is 1.82. The van der Waals surface area contributed by atoms with Crippen molar-refractivity contribution in [2.24, 2.45) is 0 Å². The average molecular weight is 201 g/mol. The topological polar surface area (TPSA) is 47.6 Å². The van der Waals surface area contributed by atoms with Gasteiger partial charge in [0.15, 0.2) is 0 Å². The molecule has 1 rings (SSSR count). The maximum Gasteiger partial charge on any atom is 0.0958 e. The Bertz CT molecular complexity index is 265. The summed E-state index contributed by atoms with van der Waals surface area (Å²) >= 11 is 11.7. The van der Waals surface area contributed by atoms with E-state index in [1.807, 2.05) is 12.1 Å². The minimum absolute atomic E-state index is 0.224. The van der Waals surface area contributed by atoms with Crippen LogP contribution in [0.5, 0.6) is 0 Å². The first-order chi connectivity index (χ1) is 5.69. The second kappa shape index (κ2) is 3.81. The zero-order valence-corrected chi connectivity index (χ0v) is 7.73. The summed E-state index contributed by atoms with van der Waals surface area (Å²) in [5.41, 5.74) is 0.962. The predicted molar refractivity (Wildman–Crippen MR) is 46.8 cm³/mol. The minimum Gasteiger partial charge on any atom is -0.193 e. The van der Waals surface area contributed by atoms with Crippen molar-refractivity contribution in [1.29, 1.82) is 10.5 Å². The summed E-state index contributed by atoms with van der Waals surface area (Å²) in [5.74, 6) is 0. The molecule has 0 aliphatic heterocycles. The lowest BCUT2D eigenvalue weighted by Crippen LogP contribution is -2.21. The maximum atomic E-state index is 8.64. The lowest BCUT2D eigenvalue weighted by Gasteiger charge is -2.21. The first-order valence-electron chi connectivity index (χ1n) is 3.49. The molecule has 0 aromatic rings. The Balaban J connectivity index is 2.94. The van der Waals surface area contributed by atoms with Crippen molar-refractivity contribution in [2.45, 2.75) is 23.6 Å². The quantitative estimate of drug-likeness (QED) is 0.564. The van der Waals surface area contributed by atoms with Crippen LogP contribution in [-0.4, -0.2) is 10.8 Å². The Kier molecular flexibility index (Phi) is 2.98. The van der Waals surface area contributed by atoms with Gasteiger partial charge in [0.25, 0.3) is 0 Å². The minimum atomic E-state index is -0.224. The summed E-state index contributed by atoms with van der Waals surface area (Å²) in [6.07, 6.45) is 0.824. The van der Waals surface area contributed by atoms with E-state index in [0.717, 1.165) is 0 Å². The van der Waals surface area contributed by atoms with Crippen LogP contribution in [0.2, 0.25) is 0 Å². The third kappa shape index (κ3) is 1.72. The SMILES string of the molecule is N#CC1=C(C#N)CC(Cl)C(Cl)C1. The first kappa shape index (κ1) is 9.39. The molecule has 0 saturated heterocycles. The Morgan fingerprint density at radius 3 is 1.58 bits per heavy atom. The van der Waals surface area contributed by atoms with Gasteiger partial charge in [0.2, 0.25) is 0 Å². The van der Waals surface area contributed by atoms with Gasteiger partial charge in [-0.15, -0.1) is 23.2 Å². The number of rotatable bonds is 0. The number of halogens is 2. The molecule has 1 aliphatic rings. The van der Waals surface area contributed by atoms with E-state index in [4.69, 9.17) is 33.7 Å². The molecule has 2 unspecified atom stereocenters. The molecule has 12 heavy (non-hydrogen) atoms. The highest BCUT2D eigenvalue weighted by atomic mass is 35.5. The molecule has 0 aromatic heterocycles. The largest absolute Gasteiger partial charge is 0.193 e. The maximum absolute atomic E-state index is 8.64. The first-order valence-corrected chi connectivity index (χ1v) is 4.36. The number of nitriles is 2. The van der Waals surface area contributed by atoms with Crippen molar-refractivity contribution in [3.63, 3.8) is 0 Å². The highest BCUT2D eigenvalue weighted by Crippen LogP contribution is 2.31. The van der Waals surface area contributed by atoms with Gasteiger partial charge in [-0.25, -0.2) is 0 Å². The average Bonchev–Trinajstić information content (AvgIpc) is 2.09. The van der Waals surface area contributed by atoms with E-state index >= 15 is 0 Å². The Morgan fingerprint density at radius 1 is 1.00 bits per heavy atom. The summed E-state index contributed by atoms with van der Waals surface area (Å²) in [7, 11) is 0. The van der Waals surface area contributed by atoms with Gasteiger partial charge in [0.1, 0.15) is 0 Å². The Morgan fingerprint density at radius 2 is 1.33 bits per heavy atom. The van der Waals surface area contributed by atoms with E-state index in [1.165, 1.54) is 0 Å². The number of hydrogen-bond acceptors (Lipinski definition) is 2. The van der Waals surface area contributed by atoms with Crippen LogP contribution < -0.4 is 0 Å². The zero-order chi connectivity index (χ0) is 9.14. The molecule has 0 amide bonds. The van der Waals surface area contributed by atoms with Crippen molar-refractivity contribution in [3.05, 3.63) is 11.1 Å². The van der Waals surface area contributed by atoms with Gasteiger partial charge in [-0.3, -0.25) is 0 Å². The van der Waals surface area contributed by atoms with Gasteiger partial charge in [0, 0.05) is 24.0 Å². The number of allylic oxidation sites excluding steroid dienone is 2. The van der Waals surface area contributed by atoms with Crippen molar-refractivity contribution in [1.82, 2.24) is 0 Å². The fourth-order valence-electron chi connectivity index (χ4n) is 1.12. The van der Waals surface area contributed by atoms with E-state index < -0.39 is 0 Å². The summed E-state index contributed by atoms with van der Waals surface area (Å²) < 4.78 is 0. The fourth-order valence-corrected chi connectivity index (χ4v) is 1.61. The number of hydrogen-bond donors (Lipinski definition) is 0. The van der Waals surface area contributed by atoms with Crippen molar-refractivity contribution in [2.75, 3.05) is 0 Å². The summed E-state index contributed by atoms with van der Waals surface area (Å²) in [5, 5.41) is 16.8. The number of alkyl halides is 2. The molecule has 0 N–H and O–H groups in total. The van der Waals surface area contributed by atoms with Gasteiger partial charge >= 0.3 is 0 Å². The van der Waals surface area contributed by atoms with E-state index in [9.17, 15) is 0 Å². The van der Waals surface area contributed by atoms with Crippen molar-refractivity contribution >= 4 is 23.2 Å². The molecule has 0 radical (unpaired) electrons. The van der Waals surface area contributed by atoms with Crippen molar-refractivity contribution in [3.8, 4) is 12.1 Å². The normalized spacial score (nSPS) is 29.3. The molecule has 1 aliphatic carbocycles. The van der Waals surface area contributed by atoms with Crippen LogP contribution in [0.15, 0.2) is 11.1 Å². The summed E-state index contributed by atoms with van der Waals surface area (Å²) in [6.45, 7) is 0. The monoisotopic (exact) mass is 200 g/mol. The van der Waals surface area contributed by atoms with Gasteiger partial charge in [0.05, 0.1) is 22.9 Å². The predicted octanol–water partition coefficient (Wildman–Crippen LogP) is 2.34. The van der Waals surface area contributed by atoms with E-state index in [0.29, 0.717) is 24.0 Å². The van der Waals surface area contributed by atoms with Crippen LogP contribution in [-0.2, 0) is 0 Å². The van der Waals surface area contributed by atoms with Gasteiger partial charge in [-0.05, 0) is 0 Å². The standard InChI is InChI=1S/C8H6Cl2N2/c9-7-1-5(3-11)6(4-12)2-8(7)10/h7-8H,1-2H2. The van der Waals surface area contributed by atoms with E-state index in [-0.39, 0.29) is 10.8 Å². The molecule has 0 saturated carbocycles. The Hall–Kier alpha value is -0.700. The van der Waals surface area contributed by atoms with Crippen LogP contribution in [0.3, 0.4) is 0 Å². The molecule has 0 spiro atoms. The molecule has 4 heteroatoms.